The van der Waals surface area contributed by atoms with E-state index in [9.17, 15) is 4.79 Å². The van der Waals surface area contributed by atoms with Crippen LogP contribution in [0.3, 0.4) is 0 Å². The number of carbonyl (C=O) groups excluding carboxylic acids is 1. The van der Waals surface area contributed by atoms with Crippen LogP contribution in [0.4, 0.5) is 0 Å². The van der Waals surface area contributed by atoms with E-state index in [2.05, 4.69) is 10.5 Å². The molecule has 1 amide bonds. The third-order valence-electron chi connectivity index (χ3n) is 4.08. The number of methoxy groups -OCH3 is 2. The molecule has 3 rings (SSSR count). The van der Waals surface area contributed by atoms with Crippen molar-refractivity contribution in [2.24, 2.45) is 0 Å². The zero-order valence-corrected chi connectivity index (χ0v) is 12.8. The molecule has 0 atom stereocenters. The van der Waals surface area contributed by atoms with Crippen molar-refractivity contribution in [2.75, 3.05) is 21.3 Å². The van der Waals surface area contributed by atoms with Gasteiger partial charge in [-0.1, -0.05) is 5.16 Å². The fourth-order valence-electron chi connectivity index (χ4n) is 2.59. The van der Waals surface area contributed by atoms with Crippen molar-refractivity contribution in [3.05, 3.63) is 30.0 Å². The van der Waals surface area contributed by atoms with E-state index >= 15 is 0 Å². The number of hydrogen-bond donors (Lipinski definition) is 1. The van der Waals surface area contributed by atoms with E-state index in [1.165, 1.54) is 0 Å². The Morgan fingerprint density at radius 1 is 1.23 bits per heavy atom. The number of nitrogens with zero attached hydrogens (tertiary/aromatic N) is 1. The molecule has 1 aliphatic rings. The molecule has 1 aromatic heterocycles. The van der Waals surface area contributed by atoms with Gasteiger partial charge in [0, 0.05) is 18.7 Å². The SMILES string of the molecule is CNC(=O)C1(c2cc(-c3ccc(OC)c(OC)c3)on2)CC1. The molecule has 0 spiro atoms. The standard InChI is InChI=1S/C16H18N2O4/c1-17-15(19)16(6-7-16)14-9-12(22-18-14)10-4-5-11(20-2)13(8-10)21-3/h4-5,8-9H,6-7H2,1-3H3,(H,17,19). The van der Waals surface area contributed by atoms with E-state index in [1.807, 2.05) is 24.3 Å². The highest BCUT2D eigenvalue weighted by Crippen LogP contribution is 2.48. The molecule has 1 N–H and O–H groups in total. The fraction of sp³-hybridized carbons (Fsp3) is 0.375. The van der Waals surface area contributed by atoms with E-state index < -0.39 is 5.41 Å². The molecule has 0 aliphatic heterocycles. The summed E-state index contributed by atoms with van der Waals surface area (Å²) in [5.74, 6) is 1.85. The first-order valence-corrected chi connectivity index (χ1v) is 7.06. The Kier molecular flexibility index (Phi) is 3.52. The molecular formula is C16H18N2O4. The van der Waals surface area contributed by atoms with Gasteiger partial charge in [0.25, 0.3) is 0 Å². The lowest BCUT2D eigenvalue weighted by molar-refractivity contribution is -0.123. The molecular weight excluding hydrogens is 284 g/mol. The first kappa shape index (κ1) is 14.4. The van der Waals surface area contributed by atoms with Crippen LogP contribution in [-0.2, 0) is 10.2 Å². The summed E-state index contributed by atoms with van der Waals surface area (Å²) in [6, 6.07) is 7.32. The van der Waals surface area contributed by atoms with Gasteiger partial charge in [0.15, 0.2) is 17.3 Å². The summed E-state index contributed by atoms with van der Waals surface area (Å²) < 4.78 is 15.9. The second-order valence-electron chi connectivity index (χ2n) is 5.31. The predicted octanol–water partition coefficient (Wildman–Crippen LogP) is 2.14. The van der Waals surface area contributed by atoms with Gasteiger partial charge in [0.1, 0.15) is 0 Å². The first-order valence-electron chi connectivity index (χ1n) is 7.06. The van der Waals surface area contributed by atoms with Crippen LogP contribution in [-0.4, -0.2) is 32.3 Å². The lowest BCUT2D eigenvalue weighted by atomic mass is 10.0. The second-order valence-corrected chi connectivity index (χ2v) is 5.31. The molecule has 22 heavy (non-hydrogen) atoms. The third kappa shape index (κ3) is 2.20. The second kappa shape index (κ2) is 5.36. The normalized spacial score (nSPS) is 15.2. The highest BCUT2D eigenvalue weighted by atomic mass is 16.5. The van der Waals surface area contributed by atoms with Crippen LogP contribution < -0.4 is 14.8 Å². The Labute approximate surface area is 128 Å². The van der Waals surface area contributed by atoms with E-state index in [-0.39, 0.29) is 5.91 Å². The van der Waals surface area contributed by atoms with Gasteiger partial charge >= 0.3 is 0 Å². The van der Waals surface area contributed by atoms with Gasteiger partial charge in [-0.05, 0) is 31.0 Å². The zero-order valence-electron chi connectivity index (χ0n) is 12.8. The number of carbonyl (C=O) groups is 1. The average Bonchev–Trinajstić information content (AvgIpc) is 3.23. The minimum absolute atomic E-state index is 0.0142. The van der Waals surface area contributed by atoms with Crippen LogP contribution in [0, 0.1) is 0 Å². The molecule has 116 valence electrons. The molecule has 6 nitrogen and oxygen atoms in total. The van der Waals surface area contributed by atoms with Crippen molar-refractivity contribution in [2.45, 2.75) is 18.3 Å². The first-order chi connectivity index (χ1) is 10.6. The molecule has 6 heteroatoms. The molecule has 1 saturated carbocycles. The molecule has 1 aromatic carbocycles. The number of nitrogens with one attached hydrogen (secondary N) is 1. The van der Waals surface area contributed by atoms with E-state index in [4.69, 9.17) is 14.0 Å². The van der Waals surface area contributed by atoms with Crippen LogP contribution in [0.5, 0.6) is 11.5 Å². The maximum absolute atomic E-state index is 12.0. The Morgan fingerprint density at radius 3 is 2.55 bits per heavy atom. The summed E-state index contributed by atoms with van der Waals surface area (Å²) >= 11 is 0. The summed E-state index contributed by atoms with van der Waals surface area (Å²) in [6.45, 7) is 0. The van der Waals surface area contributed by atoms with Gasteiger partial charge in [-0.15, -0.1) is 0 Å². The molecule has 0 bridgehead atoms. The van der Waals surface area contributed by atoms with Crippen molar-refractivity contribution >= 4 is 5.91 Å². The van der Waals surface area contributed by atoms with Crippen molar-refractivity contribution in [1.29, 1.82) is 0 Å². The Morgan fingerprint density at radius 2 is 1.95 bits per heavy atom. The van der Waals surface area contributed by atoms with E-state index in [0.717, 1.165) is 18.4 Å². The smallest absolute Gasteiger partial charge is 0.232 e. The molecule has 1 aliphatic carbocycles. The highest BCUT2D eigenvalue weighted by molar-refractivity contribution is 5.90. The van der Waals surface area contributed by atoms with Crippen molar-refractivity contribution in [1.82, 2.24) is 10.5 Å². The topological polar surface area (TPSA) is 73.6 Å². The molecule has 0 radical (unpaired) electrons. The third-order valence-corrected chi connectivity index (χ3v) is 4.08. The van der Waals surface area contributed by atoms with Crippen LogP contribution >= 0.6 is 0 Å². The predicted molar refractivity (Wildman–Crippen MR) is 80.0 cm³/mol. The number of hydrogen-bond acceptors (Lipinski definition) is 5. The average molecular weight is 302 g/mol. The number of ether oxygens (including phenoxy) is 2. The van der Waals surface area contributed by atoms with Gasteiger partial charge in [-0.3, -0.25) is 4.79 Å². The maximum atomic E-state index is 12.0. The Balaban J connectivity index is 1.93. The number of amides is 1. The summed E-state index contributed by atoms with van der Waals surface area (Å²) in [7, 11) is 4.81. The van der Waals surface area contributed by atoms with Crippen LogP contribution in [0.25, 0.3) is 11.3 Å². The maximum Gasteiger partial charge on any atom is 0.232 e. The fourth-order valence-corrected chi connectivity index (χ4v) is 2.59. The van der Waals surface area contributed by atoms with Crippen LogP contribution in [0.2, 0.25) is 0 Å². The molecule has 0 unspecified atom stereocenters. The quantitative estimate of drug-likeness (QED) is 0.916. The lowest BCUT2D eigenvalue weighted by Gasteiger charge is -2.08. The number of benzene rings is 1. The summed E-state index contributed by atoms with van der Waals surface area (Å²) in [6.07, 6.45) is 1.59. The number of likely N-dealkylation sites (N-methyl/N-ethyl adjacent to an activating group) is 1. The van der Waals surface area contributed by atoms with Crippen molar-refractivity contribution < 1.29 is 18.8 Å². The summed E-state index contributed by atoms with van der Waals surface area (Å²) in [5, 5.41) is 6.78. The van der Waals surface area contributed by atoms with Crippen molar-refractivity contribution in [3.63, 3.8) is 0 Å². The monoisotopic (exact) mass is 302 g/mol. The van der Waals surface area contributed by atoms with Gasteiger partial charge in [-0.2, -0.15) is 0 Å². The molecule has 2 aromatic rings. The Hall–Kier alpha value is -2.50. The zero-order chi connectivity index (χ0) is 15.7. The summed E-state index contributed by atoms with van der Waals surface area (Å²) in [5.41, 5.74) is 0.980. The number of rotatable bonds is 5. The van der Waals surface area contributed by atoms with Crippen molar-refractivity contribution in [3.8, 4) is 22.8 Å². The minimum Gasteiger partial charge on any atom is -0.493 e. The van der Waals surface area contributed by atoms with Gasteiger partial charge < -0.3 is 19.3 Å². The molecule has 1 heterocycles. The largest absolute Gasteiger partial charge is 0.493 e. The van der Waals surface area contributed by atoms with E-state index in [1.54, 1.807) is 21.3 Å². The molecule has 0 saturated heterocycles. The van der Waals surface area contributed by atoms with Gasteiger partial charge in [0.2, 0.25) is 5.91 Å². The van der Waals surface area contributed by atoms with Gasteiger partial charge in [-0.25, -0.2) is 0 Å². The number of aromatic nitrogens is 1. The minimum atomic E-state index is -0.521. The van der Waals surface area contributed by atoms with Crippen LogP contribution in [0.1, 0.15) is 18.5 Å². The van der Waals surface area contributed by atoms with E-state index in [0.29, 0.717) is 23.0 Å². The molecule has 1 fully saturated rings. The highest BCUT2D eigenvalue weighted by Gasteiger charge is 2.53. The lowest BCUT2D eigenvalue weighted by Crippen LogP contribution is -2.32. The van der Waals surface area contributed by atoms with Gasteiger partial charge in [0.05, 0.1) is 25.3 Å². The summed E-state index contributed by atoms with van der Waals surface area (Å²) in [4.78, 5) is 12.0. The Bertz CT molecular complexity index is 704. The van der Waals surface area contributed by atoms with Crippen LogP contribution in [0.15, 0.2) is 28.8 Å².